The van der Waals surface area contributed by atoms with Crippen LogP contribution in [0.2, 0.25) is 0 Å². The minimum absolute atomic E-state index is 0.152. The minimum atomic E-state index is -1.23. The summed E-state index contributed by atoms with van der Waals surface area (Å²) >= 11 is 3.37. The largest absolute Gasteiger partial charge is 0.537 e. The highest BCUT2D eigenvalue weighted by Crippen LogP contribution is 1.85. The van der Waals surface area contributed by atoms with Crippen LogP contribution in [0.15, 0.2) is 5.11 Å². The van der Waals surface area contributed by atoms with Crippen molar-refractivity contribution in [3.05, 3.63) is 10.4 Å². The van der Waals surface area contributed by atoms with E-state index in [2.05, 4.69) is 37.7 Å². The average Bonchev–Trinajstić information content (AvgIpc) is 2.41. The van der Waals surface area contributed by atoms with Gasteiger partial charge in [-0.15, -0.1) is 0 Å². The second-order valence-corrected chi connectivity index (χ2v) is 3.12. The molecule has 0 aromatic rings. The van der Waals surface area contributed by atoms with Crippen LogP contribution >= 0.6 is 12.8 Å². The van der Waals surface area contributed by atoms with Gasteiger partial charge in [0.05, 0.1) is 26.4 Å². The highest BCUT2D eigenvalue weighted by Gasteiger charge is 2.10. The Bertz CT molecular complexity index is 337. The third-order valence-corrected chi connectivity index (χ3v) is 1.68. The number of ether oxygens (including phenoxy) is 3. The van der Waals surface area contributed by atoms with Crippen LogP contribution < -0.4 is 10.2 Å². The number of rotatable bonds is 10. The molecule has 0 aliphatic rings. The molecular formula is C8H15N5O6S. The molecule has 0 unspecified atom stereocenters. The van der Waals surface area contributed by atoms with Gasteiger partial charge in [-0.05, 0) is 5.53 Å². The van der Waals surface area contributed by atoms with Gasteiger partial charge in [0.15, 0.2) is 0 Å². The topological polar surface area (TPSA) is 144 Å². The first-order valence-corrected chi connectivity index (χ1v) is 5.87. The van der Waals surface area contributed by atoms with Gasteiger partial charge < -0.3 is 24.4 Å². The molecule has 0 bridgehead atoms. The molecule has 0 fully saturated rings. The number of azide groups is 1. The zero-order chi connectivity index (χ0) is 15.1. The third kappa shape index (κ3) is 12.7. The Morgan fingerprint density at radius 1 is 1.20 bits per heavy atom. The number of hydrogen-bond acceptors (Lipinski definition) is 9. The highest BCUT2D eigenvalue weighted by molar-refractivity contribution is 7.77. The van der Waals surface area contributed by atoms with Crippen molar-refractivity contribution in [1.82, 2.24) is 10.2 Å². The number of nitrogens with zero attached hydrogens (tertiary/aromatic N) is 3. The molecular weight excluding hydrogens is 294 g/mol. The summed E-state index contributed by atoms with van der Waals surface area (Å²) in [6.07, 6.45) is -2.19. The molecule has 114 valence electrons. The van der Waals surface area contributed by atoms with Gasteiger partial charge in [0.1, 0.15) is 0 Å². The molecule has 0 aliphatic heterocycles. The fourth-order valence-electron chi connectivity index (χ4n) is 0.867. The van der Waals surface area contributed by atoms with Gasteiger partial charge in [-0.25, -0.2) is 9.59 Å². The number of nitrogens with one attached hydrogen (secondary N) is 2. The maximum Gasteiger partial charge on any atom is 0.537 e. The molecule has 0 radical (unpaired) electrons. The summed E-state index contributed by atoms with van der Waals surface area (Å²) in [7, 11) is 0. The summed E-state index contributed by atoms with van der Waals surface area (Å²) in [6, 6.07) is 0. The first-order valence-electron chi connectivity index (χ1n) is 5.42. The molecule has 20 heavy (non-hydrogen) atoms. The maximum absolute atomic E-state index is 11.0. The van der Waals surface area contributed by atoms with E-state index in [1.807, 2.05) is 0 Å². The highest BCUT2D eigenvalue weighted by atomic mass is 32.1. The summed E-state index contributed by atoms with van der Waals surface area (Å²) in [5, 5.41) is 5.54. The van der Waals surface area contributed by atoms with Crippen molar-refractivity contribution >= 4 is 25.1 Å². The Labute approximate surface area is 120 Å². The quantitative estimate of drug-likeness (QED) is 0.0780. The van der Waals surface area contributed by atoms with Crippen molar-refractivity contribution < 1.29 is 28.6 Å². The number of carbonyl (C=O) groups is 2. The van der Waals surface area contributed by atoms with Crippen LogP contribution in [0.3, 0.4) is 0 Å². The molecule has 0 rings (SSSR count). The van der Waals surface area contributed by atoms with Gasteiger partial charge >= 0.3 is 12.2 Å². The number of alkyl carbamates (subject to hydrolysis) is 1. The molecule has 0 spiro atoms. The standard InChI is InChI=1S/C8H15N5O6S/c9-12-11-2-4-17-6-5-16-3-1-10-7(14)18-8(15)19-13-20/h13,20H,1-6H2,(H,10,14). The van der Waals surface area contributed by atoms with E-state index in [0.717, 1.165) is 0 Å². The molecule has 0 aromatic carbocycles. The van der Waals surface area contributed by atoms with Gasteiger partial charge in [0.25, 0.3) is 0 Å². The van der Waals surface area contributed by atoms with E-state index in [4.69, 9.17) is 15.0 Å². The molecule has 0 saturated heterocycles. The number of hydrogen-bond donors (Lipinski definition) is 3. The monoisotopic (exact) mass is 309 g/mol. The van der Waals surface area contributed by atoms with Crippen LogP contribution in [-0.2, 0) is 19.0 Å². The number of thiol groups is 1. The van der Waals surface area contributed by atoms with E-state index in [-0.39, 0.29) is 19.7 Å². The molecule has 12 heteroatoms. The molecule has 0 saturated carbocycles. The number of carbonyl (C=O) groups excluding carboxylic acids is 2. The smallest absolute Gasteiger partial charge is 0.379 e. The van der Waals surface area contributed by atoms with E-state index < -0.39 is 12.2 Å². The molecule has 11 nitrogen and oxygen atoms in total. The first-order chi connectivity index (χ1) is 9.70. The Balaban J connectivity index is 3.29. The predicted molar refractivity (Wildman–Crippen MR) is 68.7 cm³/mol. The van der Waals surface area contributed by atoms with Gasteiger partial charge in [0.2, 0.25) is 0 Å². The van der Waals surface area contributed by atoms with Gasteiger partial charge in [-0.2, -0.15) is 0 Å². The van der Waals surface area contributed by atoms with E-state index in [0.29, 0.717) is 19.8 Å². The third-order valence-electron chi connectivity index (χ3n) is 1.59. The van der Waals surface area contributed by atoms with E-state index in [1.54, 1.807) is 4.89 Å². The molecule has 2 N–H and O–H groups in total. The fourth-order valence-corrected chi connectivity index (χ4v) is 0.942. The van der Waals surface area contributed by atoms with Crippen molar-refractivity contribution in [2.24, 2.45) is 5.11 Å². The summed E-state index contributed by atoms with van der Waals surface area (Å²) < 4.78 is 14.3. The zero-order valence-electron chi connectivity index (χ0n) is 10.5. The van der Waals surface area contributed by atoms with Crippen molar-refractivity contribution in [1.29, 1.82) is 0 Å². The molecule has 0 heterocycles. The van der Waals surface area contributed by atoms with Crippen molar-refractivity contribution in [2.45, 2.75) is 0 Å². The molecule has 0 aromatic heterocycles. The normalized spacial score (nSPS) is 9.45. The Hall–Kier alpha value is -1.72. The average molecular weight is 309 g/mol. The summed E-state index contributed by atoms with van der Waals surface area (Å²) in [5.74, 6) is 0. The number of amides is 1. The molecule has 1 amide bonds. The SMILES string of the molecule is [N-]=[N+]=NCCOCCOCCNC(=O)OC(=O)ONS. The molecule has 0 aliphatic carbocycles. The van der Waals surface area contributed by atoms with Crippen LogP contribution in [0, 0.1) is 0 Å². The van der Waals surface area contributed by atoms with Gasteiger partial charge in [0, 0.05) is 18.0 Å². The lowest BCUT2D eigenvalue weighted by molar-refractivity contribution is 0.0487. The lowest BCUT2D eigenvalue weighted by Crippen LogP contribution is -2.31. The summed E-state index contributed by atoms with van der Waals surface area (Å²) in [6.45, 7) is 1.61. The Morgan fingerprint density at radius 2 is 1.90 bits per heavy atom. The lowest BCUT2D eigenvalue weighted by atomic mass is 10.6. The van der Waals surface area contributed by atoms with Crippen molar-refractivity contribution in [3.63, 3.8) is 0 Å². The summed E-state index contributed by atoms with van der Waals surface area (Å²) in [5.41, 5.74) is 7.99. The van der Waals surface area contributed by atoms with Gasteiger partial charge in [-0.3, -0.25) is 0 Å². The lowest BCUT2D eigenvalue weighted by Gasteiger charge is -2.06. The van der Waals surface area contributed by atoms with E-state index >= 15 is 0 Å². The second-order valence-electron chi connectivity index (χ2n) is 2.94. The predicted octanol–water partition coefficient (Wildman–Crippen LogP) is 0.542. The fraction of sp³-hybridized carbons (Fsp3) is 0.750. The van der Waals surface area contributed by atoms with E-state index in [9.17, 15) is 9.59 Å². The minimum Gasteiger partial charge on any atom is -0.379 e. The molecule has 0 atom stereocenters. The van der Waals surface area contributed by atoms with Crippen LogP contribution in [0.5, 0.6) is 0 Å². The second kappa shape index (κ2) is 13.7. The van der Waals surface area contributed by atoms with Gasteiger partial charge in [-0.1, -0.05) is 22.8 Å². The first kappa shape index (κ1) is 18.3. The van der Waals surface area contributed by atoms with Crippen LogP contribution in [0.1, 0.15) is 0 Å². The summed E-state index contributed by atoms with van der Waals surface area (Å²) in [4.78, 5) is 29.9. The van der Waals surface area contributed by atoms with Crippen molar-refractivity contribution in [2.75, 3.05) is 39.5 Å². The Morgan fingerprint density at radius 3 is 2.55 bits per heavy atom. The van der Waals surface area contributed by atoms with Crippen LogP contribution in [0.4, 0.5) is 9.59 Å². The van der Waals surface area contributed by atoms with Crippen molar-refractivity contribution in [3.8, 4) is 0 Å². The maximum atomic E-state index is 11.0. The van der Waals surface area contributed by atoms with Crippen LogP contribution in [-0.4, -0.2) is 51.8 Å². The zero-order valence-corrected chi connectivity index (χ0v) is 11.4. The van der Waals surface area contributed by atoms with Crippen LogP contribution in [0.25, 0.3) is 10.4 Å². The van der Waals surface area contributed by atoms with E-state index in [1.165, 1.54) is 0 Å². The Kier molecular flexibility index (Phi) is 12.5.